The van der Waals surface area contributed by atoms with Crippen molar-refractivity contribution >= 4 is 13.5 Å². The van der Waals surface area contributed by atoms with E-state index in [9.17, 15) is 0 Å². The molecule has 7 heavy (non-hydrogen) atoms. The van der Waals surface area contributed by atoms with Gasteiger partial charge in [0.05, 0.1) is 0 Å². The highest BCUT2D eigenvalue weighted by Crippen LogP contribution is 1.89. The molecule has 0 aromatic heterocycles. The Kier molecular flexibility index (Phi) is 14.1. The average molecular weight is 122 g/mol. The van der Waals surface area contributed by atoms with Crippen molar-refractivity contribution < 1.29 is 5.11 Å². The molecule has 0 aliphatic rings. The van der Waals surface area contributed by atoms with Gasteiger partial charge in [-0.1, -0.05) is 19.8 Å². The van der Waals surface area contributed by atoms with Gasteiger partial charge in [0.15, 0.2) is 0 Å². The first kappa shape index (κ1) is 10.3. The summed E-state index contributed by atoms with van der Waals surface area (Å²) in [4.78, 5) is 0. The zero-order valence-corrected chi connectivity index (χ0v) is 5.78. The second kappa shape index (κ2) is 9.58. The number of unbranched alkanes of at least 4 members (excludes halogenated alkanes) is 2. The molecule has 0 radical (unpaired) electrons. The van der Waals surface area contributed by atoms with Crippen LogP contribution in [0.3, 0.4) is 0 Å². The highest BCUT2D eigenvalue weighted by Gasteiger charge is 1.76. The zero-order chi connectivity index (χ0) is 4.83. The molecule has 1 nitrogen and oxygen atoms in total. The molecule has 2 heteroatoms. The predicted octanol–water partition coefficient (Wildman–Crippen LogP) is 1.28. The second-order valence-corrected chi connectivity index (χ2v) is 1.43. The summed E-state index contributed by atoms with van der Waals surface area (Å²) in [5.41, 5.74) is 0. The summed E-state index contributed by atoms with van der Waals surface area (Å²) in [5, 5.41) is 8.20. The van der Waals surface area contributed by atoms with E-state index in [1.165, 1.54) is 6.42 Å². The molecule has 0 aliphatic heterocycles. The third-order valence-electron chi connectivity index (χ3n) is 0.762. The summed E-state index contributed by atoms with van der Waals surface area (Å²) in [7, 11) is 0. The highest BCUT2D eigenvalue weighted by molar-refractivity contribution is 7.59. The molecular weight excluding hydrogens is 108 g/mol. The number of rotatable bonds is 3. The molecule has 0 heterocycles. The number of hydrogen-bond acceptors (Lipinski definition) is 1. The third kappa shape index (κ3) is 10.7. The fourth-order valence-corrected chi connectivity index (χ4v) is 0.362. The van der Waals surface area contributed by atoms with Crippen LogP contribution in [0.1, 0.15) is 26.2 Å². The Morgan fingerprint density at radius 2 is 1.86 bits per heavy atom. The number of hydrogen-bond donors (Lipinski definition) is 1. The number of aliphatic hydroxyl groups excluding tert-OH is 1. The van der Waals surface area contributed by atoms with Gasteiger partial charge in [0.1, 0.15) is 0 Å². The van der Waals surface area contributed by atoms with E-state index in [2.05, 4.69) is 6.92 Å². The van der Waals surface area contributed by atoms with Crippen molar-refractivity contribution in [3.63, 3.8) is 0 Å². The van der Waals surface area contributed by atoms with Crippen LogP contribution in [0.5, 0.6) is 0 Å². The van der Waals surface area contributed by atoms with Gasteiger partial charge in [-0.05, 0) is 6.42 Å². The molecule has 0 saturated heterocycles. The van der Waals surface area contributed by atoms with E-state index in [1.807, 2.05) is 0 Å². The van der Waals surface area contributed by atoms with Crippen molar-refractivity contribution in [2.75, 3.05) is 6.61 Å². The summed E-state index contributed by atoms with van der Waals surface area (Å²) in [5.74, 6) is 0. The van der Waals surface area contributed by atoms with Gasteiger partial charge in [-0.2, -0.15) is 13.5 Å². The van der Waals surface area contributed by atoms with E-state index in [4.69, 9.17) is 5.11 Å². The van der Waals surface area contributed by atoms with Crippen LogP contribution in [-0.2, 0) is 0 Å². The van der Waals surface area contributed by atoms with Crippen LogP contribution in [0.4, 0.5) is 0 Å². The van der Waals surface area contributed by atoms with Gasteiger partial charge in [0.25, 0.3) is 0 Å². The zero-order valence-electron chi connectivity index (χ0n) is 4.78. The Morgan fingerprint density at radius 1 is 1.29 bits per heavy atom. The summed E-state index contributed by atoms with van der Waals surface area (Å²) in [6.07, 6.45) is 3.33. The van der Waals surface area contributed by atoms with Gasteiger partial charge in [-0.15, -0.1) is 0 Å². The Balaban J connectivity index is 0. The molecular formula is C5H14OS. The van der Waals surface area contributed by atoms with Crippen LogP contribution >= 0.6 is 13.5 Å². The first-order chi connectivity index (χ1) is 2.91. The van der Waals surface area contributed by atoms with Crippen LogP contribution < -0.4 is 0 Å². The van der Waals surface area contributed by atoms with Crippen LogP contribution in [0.2, 0.25) is 0 Å². The molecule has 0 fully saturated rings. The quantitative estimate of drug-likeness (QED) is 0.559. The van der Waals surface area contributed by atoms with E-state index < -0.39 is 0 Å². The van der Waals surface area contributed by atoms with Gasteiger partial charge in [-0.3, -0.25) is 0 Å². The average Bonchev–Trinajstić information content (AvgIpc) is 1.61. The molecule has 0 aromatic rings. The SMILES string of the molecule is CCCCCO.S. The van der Waals surface area contributed by atoms with Gasteiger partial charge in [-0.25, -0.2) is 0 Å². The molecule has 0 rings (SSSR count). The minimum Gasteiger partial charge on any atom is -0.396 e. The lowest BCUT2D eigenvalue weighted by Gasteiger charge is -1.85. The number of aliphatic hydroxyl groups is 1. The molecule has 0 aromatic carbocycles. The largest absolute Gasteiger partial charge is 0.396 e. The van der Waals surface area contributed by atoms with E-state index in [1.54, 1.807) is 0 Å². The van der Waals surface area contributed by atoms with E-state index in [0.29, 0.717) is 6.61 Å². The van der Waals surface area contributed by atoms with Crippen LogP contribution in [-0.4, -0.2) is 11.7 Å². The monoisotopic (exact) mass is 122 g/mol. The van der Waals surface area contributed by atoms with Crippen molar-refractivity contribution in [2.45, 2.75) is 26.2 Å². The Bertz CT molecular complexity index is 20.0. The van der Waals surface area contributed by atoms with Crippen LogP contribution in [0.25, 0.3) is 0 Å². The maximum absolute atomic E-state index is 8.20. The Hall–Kier alpha value is 0.310. The lowest BCUT2D eigenvalue weighted by Crippen LogP contribution is -1.78. The molecule has 0 amide bonds. The minimum absolute atomic E-state index is 0. The molecule has 46 valence electrons. The van der Waals surface area contributed by atoms with Crippen molar-refractivity contribution in [1.29, 1.82) is 0 Å². The first-order valence-corrected chi connectivity index (χ1v) is 2.52. The Labute approximate surface area is 52.2 Å². The first-order valence-electron chi connectivity index (χ1n) is 2.52. The fourth-order valence-electron chi connectivity index (χ4n) is 0.362. The second-order valence-electron chi connectivity index (χ2n) is 1.43. The summed E-state index contributed by atoms with van der Waals surface area (Å²) in [6, 6.07) is 0. The maximum atomic E-state index is 8.20. The lowest BCUT2D eigenvalue weighted by atomic mass is 10.3. The van der Waals surface area contributed by atoms with E-state index >= 15 is 0 Å². The summed E-state index contributed by atoms with van der Waals surface area (Å²) in [6.45, 7) is 2.48. The molecule has 0 unspecified atom stereocenters. The molecule has 0 bridgehead atoms. The maximum Gasteiger partial charge on any atom is 0.0431 e. The molecule has 0 saturated carbocycles. The van der Waals surface area contributed by atoms with Gasteiger partial charge in [0, 0.05) is 6.61 Å². The molecule has 0 aliphatic carbocycles. The van der Waals surface area contributed by atoms with E-state index in [0.717, 1.165) is 12.8 Å². The predicted molar refractivity (Wildman–Crippen MR) is 37.0 cm³/mol. The van der Waals surface area contributed by atoms with Gasteiger partial charge < -0.3 is 5.11 Å². The molecule has 0 spiro atoms. The topological polar surface area (TPSA) is 20.2 Å². The third-order valence-corrected chi connectivity index (χ3v) is 0.762. The Morgan fingerprint density at radius 3 is 2.00 bits per heavy atom. The van der Waals surface area contributed by atoms with Crippen molar-refractivity contribution in [3.8, 4) is 0 Å². The van der Waals surface area contributed by atoms with E-state index in [-0.39, 0.29) is 13.5 Å². The fraction of sp³-hybridized carbons (Fsp3) is 1.00. The summed E-state index contributed by atoms with van der Waals surface area (Å²) < 4.78 is 0. The van der Waals surface area contributed by atoms with Crippen molar-refractivity contribution in [3.05, 3.63) is 0 Å². The smallest absolute Gasteiger partial charge is 0.0431 e. The normalized spacial score (nSPS) is 7.71. The minimum atomic E-state index is 0. The van der Waals surface area contributed by atoms with Crippen molar-refractivity contribution in [1.82, 2.24) is 0 Å². The standard InChI is InChI=1S/C5H12O.H2S/c1-2-3-4-5-6;/h6H,2-5H2,1H3;1H2. The van der Waals surface area contributed by atoms with Crippen LogP contribution in [0, 0.1) is 0 Å². The molecule has 1 N–H and O–H groups in total. The lowest BCUT2D eigenvalue weighted by molar-refractivity contribution is 0.284. The van der Waals surface area contributed by atoms with Crippen LogP contribution in [0.15, 0.2) is 0 Å². The van der Waals surface area contributed by atoms with Gasteiger partial charge in [0.2, 0.25) is 0 Å². The summed E-state index contributed by atoms with van der Waals surface area (Å²) >= 11 is 0. The van der Waals surface area contributed by atoms with Gasteiger partial charge >= 0.3 is 0 Å². The van der Waals surface area contributed by atoms with Crippen molar-refractivity contribution in [2.24, 2.45) is 0 Å². The highest BCUT2D eigenvalue weighted by atomic mass is 32.1. The molecule has 0 atom stereocenters.